The third kappa shape index (κ3) is 1.58. The first-order valence-electron chi connectivity index (χ1n) is 5.25. The highest BCUT2D eigenvalue weighted by Gasteiger charge is 2.07. The molecule has 3 rings (SSSR count). The van der Waals surface area contributed by atoms with Crippen LogP contribution in [0, 0.1) is 0 Å². The van der Waals surface area contributed by atoms with Gasteiger partial charge in [-0.05, 0) is 18.2 Å². The quantitative estimate of drug-likeness (QED) is 0.601. The van der Waals surface area contributed by atoms with E-state index in [0.29, 0.717) is 5.69 Å². The van der Waals surface area contributed by atoms with Crippen LogP contribution in [-0.4, -0.2) is 25.0 Å². The van der Waals surface area contributed by atoms with Gasteiger partial charge >= 0.3 is 11.4 Å². The molecule has 7 nitrogen and oxygen atoms in total. The predicted molar refractivity (Wildman–Crippen MR) is 64.6 cm³/mol. The van der Waals surface area contributed by atoms with Crippen LogP contribution in [0.4, 0.5) is 0 Å². The number of rotatable bonds is 2. The van der Waals surface area contributed by atoms with Crippen molar-refractivity contribution in [1.29, 1.82) is 0 Å². The van der Waals surface area contributed by atoms with E-state index in [0.717, 1.165) is 15.8 Å². The SMILES string of the molecule is O=c1[nH][nH]c(=O)n1-c1cccc(-c2ccn[nH]2)c1. The molecule has 7 heteroatoms. The molecule has 0 fully saturated rings. The lowest BCUT2D eigenvalue weighted by atomic mass is 10.1. The standard InChI is InChI=1S/C11H9N5O2/c17-10-14-15-11(18)16(10)8-3-1-2-7(6-8)9-4-5-12-13-9/h1-6H,(H,12,13)(H,14,17)(H,15,18). The number of nitrogens with one attached hydrogen (secondary N) is 3. The molecule has 3 N–H and O–H groups in total. The summed E-state index contributed by atoms with van der Waals surface area (Å²) in [5.74, 6) is 0. The summed E-state index contributed by atoms with van der Waals surface area (Å²) in [5, 5.41) is 11.2. The molecule has 0 saturated carbocycles. The molecule has 1 aromatic carbocycles. The van der Waals surface area contributed by atoms with E-state index in [9.17, 15) is 9.59 Å². The molecule has 2 aromatic heterocycles. The highest BCUT2D eigenvalue weighted by molar-refractivity contribution is 5.61. The van der Waals surface area contributed by atoms with E-state index in [4.69, 9.17) is 0 Å². The Kier molecular flexibility index (Phi) is 2.23. The fourth-order valence-corrected chi connectivity index (χ4v) is 1.77. The summed E-state index contributed by atoms with van der Waals surface area (Å²) in [4.78, 5) is 23.0. The molecule has 18 heavy (non-hydrogen) atoms. The summed E-state index contributed by atoms with van der Waals surface area (Å²) < 4.78 is 1.03. The van der Waals surface area contributed by atoms with Crippen molar-refractivity contribution in [1.82, 2.24) is 25.0 Å². The molecule has 2 heterocycles. The van der Waals surface area contributed by atoms with E-state index in [-0.39, 0.29) is 0 Å². The van der Waals surface area contributed by atoms with Crippen molar-refractivity contribution in [2.24, 2.45) is 0 Å². The van der Waals surface area contributed by atoms with Crippen molar-refractivity contribution < 1.29 is 0 Å². The Morgan fingerprint density at radius 2 is 1.83 bits per heavy atom. The largest absolute Gasteiger partial charge is 0.348 e. The average molecular weight is 243 g/mol. The smallest absolute Gasteiger partial charge is 0.278 e. The molecular weight excluding hydrogens is 234 g/mol. The summed E-state index contributed by atoms with van der Waals surface area (Å²) in [6, 6.07) is 8.86. The maximum absolute atomic E-state index is 11.5. The van der Waals surface area contributed by atoms with Crippen LogP contribution in [0.1, 0.15) is 0 Å². The molecule has 0 spiro atoms. The first-order chi connectivity index (χ1) is 8.75. The highest BCUT2D eigenvalue weighted by atomic mass is 16.2. The summed E-state index contributed by atoms with van der Waals surface area (Å²) >= 11 is 0. The summed E-state index contributed by atoms with van der Waals surface area (Å²) in [6.45, 7) is 0. The maximum atomic E-state index is 11.5. The Morgan fingerprint density at radius 1 is 1.06 bits per heavy atom. The van der Waals surface area contributed by atoms with Crippen LogP contribution in [0.15, 0.2) is 46.1 Å². The number of hydrogen-bond acceptors (Lipinski definition) is 3. The Balaban J connectivity index is 2.18. The lowest BCUT2D eigenvalue weighted by Gasteiger charge is -2.02. The van der Waals surface area contributed by atoms with Crippen molar-refractivity contribution in [3.63, 3.8) is 0 Å². The van der Waals surface area contributed by atoms with E-state index in [1.807, 2.05) is 12.1 Å². The van der Waals surface area contributed by atoms with Crippen LogP contribution in [0.3, 0.4) is 0 Å². The van der Waals surface area contributed by atoms with Crippen molar-refractivity contribution in [2.45, 2.75) is 0 Å². The van der Waals surface area contributed by atoms with Gasteiger partial charge in [0.15, 0.2) is 0 Å². The lowest BCUT2D eigenvalue weighted by molar-refractivity contribution is 0.952. The number of aromatic nitrogens is 5. The van der Waals surface area contributed by atoms with Crippen LogP contribution in [-0.2, 0) is 0 Å². The van der Waals surface area contributed by atoms with Gasteiger partial charge in [-0.2, -0.15) is 5.10 Å². The minimum Gasteiger partial charge on any atom is -0.278 e. The van der Waals surface area contributed by atoms with Crippen molar-refractivity contribution in [3.8, 4) is 16.9 Å². The molecule has 3 aromatic rings. The van der Waals surface area contributed by atoms with Gasteiger partial charge in [-0.15, -0.1) is 0 Å². The van der Waals surface area contributed by atoms with Gasteiger partial charge in [-0.3, -0.25) is 5.10 Å². The van der Waals surface area contributed by atoms with E-state index in [1.165, 1.54) is 0 Å². The molecule has 90 valence electrons. The van der Waals surface area contributed by atoms with Crippen molar-refractivity contribution >= 4 is 0 Å². The Labute approximate surface area is 100 Å². The summed E-state index contributed by atoms with van der Waals surface area (Å²) in [5.41, 5.74) is 1.16. The zero-order valence-electron chi connectivity index (χ0n) is 9.18. The van der Waals surface area contributed by atoms with Gasteiger partial charge < -0.3 is 0 Å². The van der Waals surface area contributed by atoms with E-state index < -0.39 is 11.4 Å². The Bertz CT molecular complexity index is 751. The minimum atomic E-state index is -0.498. The van der Waals surface area contributed by atoms with Gasteiger partial charge in [0.05, 0.1) is 11.4 Å². The highest BCUT2D eigenvalue weighted by Crippen LogP contribution is 2.18. The lowest BCUT2D eigenvalue weighted by Crippen LogP contribution is -2.24. The van der Waals surface area contributed by atoms with E-state index in [2.05, 4.69) is 20.4 Å². The summed E-state index contributed by atoms with van der Waals surface area (Å²) in [7, 11) is 0. The fourth-order valence-electron chi connectivity index (χ4n) is 1.77. The monoisotopic (exact) mass is 243 g/mol. The van der Waals surface area contributed by atoms with Crippen LogP contribution < -0.4 is 11.4 Å². The number of H-pyrrole nitrogens is 3. The second-order valence-electron chi connectivity index (χ2n) is 3.72. The van der Waals surface area contributed by atoms with Crippen molar-refractivity contribution in [2.75, 3.05) is 0 Å². The molecule has 0 atom stereocenters. The Morgan fingerprint density at radius 3 is 2.50 bits per heavy atom. The average Bonchev–Trinajstić information content (AvgIpc) is 3.00. The number of benzene rings is 1. The molecule has 0 unspecified atom stereocenters. The van der Waals surface area contributed by atoms with Crippen LogP contribution >= 0.6 is 0 Å². The zero-order chi connectivity index (χ0) is 12.5. The molecule has 0 saturated heterocycles. The van der Waals surface area contributed by atoms with Gasteiger partial charge in [-0.25, -0.2) is 24.4 Å². The van der Waals surface area contributed by atoms with Gasteiger partial charge in [0.25, 0.3) is 0 Å². The van der Waals surface area contributed by atoms with Gasteiger partial charge in [0, 0.05) is 11.8 Å². The number of hydrogen-bond donors (Lipinski definition) is 3. The number of nitrogens with zero attached hydrogens (tertiary/aromatic N) is 2. The Hall–Kier alpha value is -2.83. The fraction of sp³-hybridized carbons (Fsp3) is 0. The number of aromatic amines is 3. The zero-order valence-corrected chi connectivity index (χ0v) is 9.18. The maximum Gasteiger partial charge on any atom is 0.348 e. The van der Waals surface area contributed by atoms with Crippen molar-refractivity contribution in [3.05, 3.63) is 57.5 Å². The van der Waals surface area contributed by atoms with E-state index in [1.54, 1.807) is 24.4 Å². The molecule has 0 aliphatic heterocycles. The molecule has 0 aliphatic carbocycles. The predicted octanol–water partition coefficient (Wildman–Crippen LogP) is 0.244. The van der Waals surface area contributed by atoms with Gasteiger partial charge in [0.1, 0.15) is 0 Å². The summed E-state index contributed by atoms with van der Waals surface area (Å²) in [6.07, 6.45) is 1.64. The van der Waals surface area contributed by atoms with Crippen LogP contribution in [0.2, 0.25) is 0 Å². The second-order valence-corrected chi connectivity index (χ2v) is 3.72. The van der Waals surface area contributed by atoms with Gasteiger partial charge in [-0.1, -0.05) is 12.1 Å². The molecular formula is C11H9N5O2. The van der Waals surface area contributed by atoms with Crippen LogP contribution in [0.5, 0.6) is 0 Å². The van der Waals surface area contributed by atoms with Crippen LogP contribution in [0.25, 0.3) is 16.9 Å². The normalized spacial score (nSPS) is 10.7. The first-order valence-corrected chi connectivity index (χ1v) is 5.25. The third-order valence-corrected chi connectivity index (χ3v) is 2.60. The molecule has 0 bridgehead atoms. The molecule has 0 radical (unpaired) electrons. The second kappa shape index (κ2) is 3.88. The molecule has 0 amide bonds. The minimum absolute atomic E-state index is 0.495. The third-order valence-electron chi connectivity index (χ3n) is 2.60. The first kappa shape index (κ1) is 10.3. The topological polar surface area (TPSA) is 99.3 Å². The van der Waals surface area contributed by atoms with Gasteiger partial charge in [0.2, 0.25) is 0 Å². The molecule has 0 aliphatic rings. The van der Waals surface area contributed by atoms with E-state index >= 15 is 0 Å².